The van der Waals surface area contributed by atoms with E-state index in [9.17, 15) is 9.18 Å². The Labute approximate surface area is 227 Å². The highest BCUT2D eigenvalue weighted by Gasteiger charge is 2.27. The molecule has 2 aliphatic carbocycles. The molecule has 2 atom stereocenters. The Morgan fingerprint density at radius 3 is 2.53 bits per heavy atom. The molecule has 2 saturated carbocycles. The van der Waals surface area contributed by atoms with E-state index < -0.39 is 0 Å². The van der Waals surface area contributed by atoms with E-state index in [1.807, 2.05) is 12.1 Å². The van der Waals surface area contributed by atoms with E-state index in [-0.39, 0.29) is 35.7 Å². The van der Waals surface area contributed by atoms with Crippen molar-refractivity contribution in [1.29, 1.82) is 0 Å². The van der Waals surface area contributed by atoms with Crippen LogP contribution in [0.4, 0.5) is 10.2 Å². The van der Waals surface area contributed by atoms with E-state index in [0.29, 0.717) is 27.8 Å². The minimum absolute atomic E-state index is 0.0642. The van der Waals surface area contributed by atoms with E-state index >= 15 is 0 Å². The number of anilines is 1. The number of nitrogens with two attached hydrogens (primary N) is 1. The van der Waals surface area contributed by atoms with Crippen molar-refractivity contribution in [2.24, 2.45) is 10.7 Å². The lowest BCUT2D eigenvalue weighted by Gasteiger charge is -2.30. The first-order valence-electron chi connectivity index (χ1n) is 13.6. The monoisotopic (exact) mass is 536 g/mol. The van der Waals surface area contributed by atoms with Crippen LogP contribution in [-0.2, 0) is 0 Å². The molecule has 200 valence electrons. The molecule has 1 heterocycles. The fraction of sp³-hybridized carbons (Fsp3) is 0.448. The Kier molecular flexibility index (Phi) is 8.37. The van der Waals surface area contributed by atoms with Crippen molar-refractivity contribution < 1.29 is 9.18 Å². The first-order valence-corrected chi connectivity index (χ1v) is 14.0. The fourth-order valence-corrected chi connectivity index (χ4v) is 5.67. The van der Waals surface area contributed by atoms with Gasteiger partial charge in [0.05, 0.1) is 11.6 Å². The summed E-state index contributed by atoms with van der Waals surface area (Å²) in [5.41, 5.74) is 7.49. The van der Waals surface area contributed by atoms with Crippen LogP contribution in [0.1, 0.15) is 80.4 Å². The van der Waals surface area contributed by atoms with Gasteiger partial charge in [-0.05, 0) is 56.0 Å². The summed E-state index contributed by atoms with van der Waals surface area (Å²) in [6.07, 6.45) is 10.4. The van der Waals surface area contributed by atoms with Crippen LogP contribution in [0.3, 0.4) is 0 Å². The molecule has 0 spiro atoms. The Hall–Kier alpha value is -3.26. The third kappa shape index (κ3) is 6.41. The molecule has 38 heavy (non-hydrogen) atoms. The number of nitrogens with one attached hydrogen (secondary N) is 2. The van der Waals surface area contributed by atoms with Crippen molar-refractivity contribution in [1.82, 2.24) is 15.3 Å². The lowest BCUT2D eigenvalue weighted by molar-refractivity contribution is 0.0923. The van der Waals surface area contributed by atoms with Crippen LogP contribution >= 0.6 is 11.6 Å². The lowest BCUT2D eigenvalue weighted by atomic mass is 9.90. The topological polar surface area (TPSA) is 105 Å². The third-order valence-electron chi connectivity index (χ3n) is 7.53. The molecule has 3 aromatic rings. The molecule has 7 nitrogen and oxygen atoms in total. The third-order valence-corrected chi connectivity index (χ3v) is 7.76. The molecule has 2 aliphatic rings. The van der Waals surface area contributed by atoms with Gasteiger partial charge in [0, 0.05) is 28.1 Å². The van der Waals surface area contributed by atoms with Crippen LogP contribution in [0.25, 0.3) is 10.9 Å². The summed E-state index contributed by atoms with van der Waals surface area (Å²) >= 11 is 6.33. The van der Waals surface area contributed by atoms with Gasteiger partial charge in [-0.1, -0.05) is 62.3 Å². The van der Waals surface area contributed by atoms with Crippen LogP contribution < -0.4 is 16.4 Å². The van der Waals surface area contributed by atoms with Crippen LogP contribution in [0.15, 0.2) is 47.5 Å². The number of nitrogens with zero attached hydrogens (tertiary/aromatic N) is 3. The molecule has 0 bridgehead atoms. The van der Waals surface area contributed by atoms with Gasteiger partial charge in [-0.25, -0.2) is 14.4 Å². The number of carbonyl (C=O) groups is 1. The second-order valence-corrected chi connectivity index (χ2v) is 10.8. The minimum atomic E-state index is -0.349. The van der Waals surface area contributed by atoms with Crippen molar-refractivity contribution in [3.05, 3.63) is 64.7 Å². The van der Waals surface area contributed by atoms with E-state index in [1.165, 1.54) is 25.0 Å². The van der Waals surface area contributed by atoms with Crippen molar-refractivity contribution in [2.75, 3.05) is 5.32 Å². The highest BCUT2D eigenvalue weighted by molar-refractivity contribution is 6.31. The van der Waals surface area contributed by atoms with E-state index in [1.54, 1.807) is 18.2 Å². The molecule has 2 fully saturated rings. The molecule has 0 saturated heterocycles. The number of aliphatic imine (C=N–C) groups is 1. The number of benzene rings is 2. The van der Waals surface area contributed by atoms with Crippen molar-refractivity contribution >= 4 is 40.1 Å². The highest BCUT2D eigenvalue weighted by atomic mass is 35.5. The number of rotatable bonds is 6. The maximum absolute atomic E-state index is 13.7. The zero-order chi connectivity index (χ0) is 26.5. The molecule has 9 heteroatoms. The Morgan fingerprint density at radius 1 is 0.974 bits per heavy atom. The molecule has 0 unspecified atom stereocenters. The van der Waals surface area contributed by atoms with Gasteiger partial charge >= 0.3 is 0 Å². The maximum Gasteiger partial charge on any atom is 0.289 e. The number of amidine groups is 1. The van der Waals surface area contributed by atoms with Crippen LogP contribution in [-0.4, -0.2) is 39.8 Å². The Bertz CT molecular complexity index is 1320. The molecule has 1 aromatic heterocycles. The largest absolute Gasteiger partial charge is 0.383 e. The normalized spacial score (nSPS) is 21.2. The zero-order valence-corrected chi connectivity index (χ0v) is 22.2. The van der Waals surface area contributed by atoms with E-state index in [2.05, 4.69) is 20.6 Å². The number of aromatic nitrogens is 2. The van der Waals surface area contributed by atoms with Crippen LogP contribution in [0.2, 0.25) is 5.02 Å². The molecule has 1 amide bonds. The fourth-order valence-electron chi connectivity index (χ4n) is 5.50. The van der Waals surface area contributed by atoms with Gasteiger partial charge in [0.15, 0.2) is 0 Å². The molecule has 0 radical (unpaired) electrons. The number of hydrogen-bond donors (Lipinski definition) is 3. The van der Waals surface area contributed by atoms with Crippen LogP contribution in [0, 0.1) is 5.82 Å². The standard InChI is InChI=1S/C29H34ClFN6O/c30-19-14-15-23-22(17-19)27(37-28(35-23)29(38)33-21-10-3-1-2-4-11-21)36-25-13-6-5-12-24(25)34-26(32)18-8-7-9-20(31)16-18/h7-9,14-17,21,24-25H,1-6,10-13H2,(H2,32,34)(H,33,38)(H,35,36,37)/t24-,25+/m1/s1. The summed E-state index contributed by atoms with van der Waals surface area (Å²) < 4.78 is 13.7. The van der Waals surface area contributed by atoms with E-state index in [0.717, 1.165) is 56.8 Å². The number of carbonyl (C=O) groups excluding carboxylic acids is 1. The summed E-state index contributed by atoms with van der Waals surface area (Å²) in [5.74, 6) is 0.396. The second-order valence-electron chi connectivity index (χ2n) is 10.3. The smallest absolute Gasteiger partial charge is 0.289 e. The SMILES string of the molecule is NC(=N[C@@H]1CCCC[C@@H]1Nc1nc(C(=O)NC2CCCCCC2)nc2ccc(Cl)cc12)c1cccc(F)c1. The van der Waals surface area contributed by atoms with Crippen molar-refractivity contribution in [3.63, 3.8) is 0 Å². The first-order chi connectivity index (χ1) is 18.5. The number of fused-ring (bicyclic) bond motifs is 1. The maximum atomic E-state index is 13.7. The van der Waals surface area contributed by atoms with Gasteiger partial charge in [0.1, 0.15) is 17.5 Å². The molecule has 2 aromatic carbocycles. The summed E-state index contributed by atoms with van der Waals surface area (Å²) in [7, 11) is 0. The molecule has 0 aliphatic heterocycles. The number of hydrogen-bond acceptors (Lipinski definition) is 5. The average Bonchev–Trinajstić information content (AvgIpc) is 3.18. The van der Waals surface area contributed by atoms with E-state index in [4.69, 9.17) is 22.3 Å². The second kappa shape index (κ2) is 12.1. The minimum Gasteiger partial charge on any atom is -0.383 e. The van der Waals surface area contributed by atoms with Gasteiger partial charge in [-0.15, -0.1) is 0 Å². The quantitative estimate of drug-likeness (QED) is 0.203. The number of amides is 1. The summed E-state index contributed by atoms with van der Waals surface area (Å²) in [6.45, 7) is 0. The van der Waals surface area contributed by atoms with Gasteiger partial charge < -0.3 is 16.4 Å². The number of halogens is 2. The Balaban J connectivity index is 1.43. The van der Waals surface area contributed by atoms with Crippen molar-refractivity contribution in [2.45, 2.75) is 82.3 Å². The summed E-state index contributed by atoms with van der Waals surface area (Å²) in [5, 5.41) is 8.01. The highest BCUT2D eigenvalue weighted by Crippen LogP contribution is 2.29. The van der Waals surface area contributed by atoms with Gasteiger partial charge in [-0.3, -0.25) is 9.79 Å². The van der Waals surface area contributed by atoms with Gasteiger partial charge in [0.25, 0.3) is 5.91 Å². The summed E-state index contributed by atoms with van der Waals surface area (Å²) in [4.78, 5) is 27.3. The Morgan fingerprint density at radius 2 is 1.74 bits per heavy atom. The predicted molar refractivity (Wildman–Crippen MR) is 150 cm³/mol. The van der Waals surface area contributed by atoms with Crippen molar-refractivity contribution in [3.8, 4) is 0 Å². The molecular weight excluding hydrogens is 503 g/mol. The molecule has 4 N–H and O–H groups in total. The first kappa shape index (κ1) is 26.4. The van der Waals surface area contributed by atoms with Crippen LogP contribution in [0.5, 0.6) is 0 Å². The summed E-state index contributed by atoms with van der Waals surface area (Å²) in [6, 6.07) is 11.5. The van der Waals surface area contributed by atoms with Gasteiger partial charge in [0.2, 0.25) is 5.82 Å². The molecule has 5 rings (SSSR count). The predicted octanol–water partition coefficient (Wildman–Crippen LogP) is 6.00. The molecular formula is C29H34ClFN6O. The van der Waals surface area contributed by atoms with Gasteiger partial charge in [-0.2, -0.15) is 0 Å². The lowest BCUT2D eigenvalue weighted by Crippen LogP contribution is -2.38. The zero-order valence-electron chi connectivity index (χ0n) is 21.4. The average molecular weight is 537 g/mol.